The summed E-state index contributed by atoms with van der Waals surface area (Å²) in [5.74, 6) is -4.67. The van der Waals surface area contributed by atoms with E-state index < -0.39 is 192 Å². The fraction of sp³-hybridized carbons (Fsp3) is 0.838. The smallest absolute Gasteiger partial charge is 0.726 e. The van der Waals surface area contributed by atoms with Crippen LogP contribution in [0, 0.1) is 62.7 Å². The predicted molar refractivity (Wildman–Crippen MR) is 261 cm³/mol. The molecule has 5 fully saturated rings. The Morgan fingerprint density at radius 3 is 1.38 bits per heavy atom. The molecular weight excluding hydrogens is 1370 g/mol. The maximum Gasteiger partial charge on any atom is 1.00 e. The number of ether oxygens (including phenoxy) is 10. The standard InChI is InChI=1S/C37H55N9O17S.5Na.4H2O4S/c1-13-14(2)26(43-46-40)35(55-19(13)7)59-28-15(3)16(4)33(61-31(28)32(48)49)57-24-11-23(41-44-38)34(56-20(24)8)60-29-18(6)30(63-64(50,51)52)37(62-36(29)53-12-47)58-27-17(5)25(42-45-39)21(9)54-22(27)10;;;;;;4*1-5(2,3)4/h11-31,33-37H,7-8,10H2,1-6,9H3,(H,48,49)(H,50,51,52);;;;;;4*(H2,1,2,3,4)/q-4;5*+1;;;;/p-5/t13-,14+,15-,16?,17-,18+,19+,20?,21+,22?,23?,24-,25?,26?,27-,28-,29-,30?,31-,33-,34+,35+,36?,37-;;;;;;;;;/m1........./s1. The topological polar surface area (TPSA) is 669 Å². The van der Waals surface area contributed by atoms with E-state index in [2.05, 4.69) is 50.8 Å². The molecule has 0 aromatic carbocycles. The van der Waals surface area contributed by atoms with Crippen LogP contribution in [0.2, 0.25) is 0 Å². The average Bonchev–Trinajstić information content (AvgIpc) is 1.82. The third-order valence-electron chi connectivity index (χ3n) is 12.8. The third-order valence-corrected chi connectivity index (χ3v) is 13.2. The van der Waals surface area contributed by atoms with Gasteiger partial charge in [-0.2, -0.15) is 0 Å². The molecule has 89 heavy (non-hydrogen) atoms. The van der Waals surface area contributed by atoms with E-state index in [1.165, 1.54) is 13.3 Å². The van der Waals surface area contributed by atoms with Crippen LogP contribution < -0.4 is 148 Å². The van der Waals surface area contributed by atoms with Crippen molar-refractivity contribution in [3.63, 3.8) is 0 Å². The number of hydrogen-bond donors (Lipinski definition) is 5. The van der Waals surface area contributed by atoms with Gasteiger partial charge >= 0.3 is 154 Å². The Bertz CT molecular complexity index is 2760. The zero-order valence-corrected chi connectivity index (χ0v) is 63.4. The van der Waals surface area contributed by atoms with E-state index in [1.807, 2.05) is 13.8 Å². The van der Waals surface area contributed by atoms with Gasteiger partial charge in [-0.1, -0.05) is 70.1 Å². The first-order chi connectivity index (χ1) is 38.1. The number of carbonyl (C=O) groups is 2. The number of azide groups is 3. The molecule has 24 atom stereocenters. The summed E-state index contributed by atoms with van der Waals surface area (Å²) in [5.41, 5.74) is 28.0. The zero-order valence-electron chi connectivity index (χ0n) is 49.4. The summed E-state index contributed by atoms with van der Waals surface area (Å²) < 4.78 is 232. The van der Waals surface area contributed by atoms with Crippen molar-refractivity contribution in [1.82, 2.24) is 0 Å². The fourth-order valence-corrected chi connectivity index (χ4v) is 9.18. The second kappa shape index (κ2) is 44.0. The maximum atomic E-state index is 12.7. The van der Waals surface area contributed by atoms with Crippen LogP contribution in [0.5, 0.6) is 0 Å². The van der Waals surface area contributed by atoms with Crippen LogP contribution in [0.1, 0.15) is 48.5 Å². The van der Waals surface area contributed by atoms with Crippen LogP contribution in [-0.2, 0) is 113 Å². The van der Waals surface area contributed by atoms with Gasteiger partial charge in [0, 0.05) is 21.7 Å². The first-order valence-corrected chi connectivity index (χ1v) is 30.0. The van der Waals surface area contributed by atoms with E-state index in [9.17, 15) is 38.7 Å². The van der Waals surface area contributed by atoms with Gasteiger partial charge in [0.05, 0.1) is 24.3 Å². The molecule has 5 heterocycles. The Hall–Kier alpha value is 0.860. The second-order valence-electron chi connectivity index (χ2n) is 18.4. The number of carbonyl (C=O) groups excluding carboxylic acids is 1. The molecule has 5 N–H and O–H groups in total. The molecule has 0 amide bonds. The van der Waals surface area contributed by atoms with Crippen LogP contribution in [0.25, 0.3) is 31.3 Å². The molecule has 0 aromatic heterocycles. The van der Waals surface area contributed by atoms with Crippen LogP contribution in [-0.4, -0.2) is 211 Å². The molecular formula is C37H58N9Na5O33S5-4. The van der Waals surface area contributed by atoms with E-state index in [1.54, 1.807) is 27.7 Å². The van der Waals surface area contributed by atoms with Gasteiger partial charge in [0.25, 0.3) is 6.47 Å². The summed E-state index contributed by atoms with van der Waals surface area (Å²) in [7, 11) is -25.1. The second-order valence-corrected chi connectivity index (χ2v) is 22.8. The SMILES string of the molecule is O=S(=O)([O-])O.O=S(=O)([O-])O.O=S(=O)([O-])O.O=S(=O)([O-])O.[CH2-]C1O[C@@H](O[C@H]2C(OC=O)O[C@@H](O[C@H]3C([CH2-])O[C@@H](C)C(N=[N+]=[N-])[C@H]3C)C(OS(=O)(=O)[O-])[C@H]2C)C(N=[N+]=[N-])[CH-][C@H]1O[C@@H]1O[C@@H](C(=O)O)[C@H](O[C@@H]2O[C@@H]([CH2-])[C@H](C)[C@H](C)C2N=[N+]=[N-])[C@H](C)C1C.[Na+].[Na+].[Na+].[Na+].[Na+]. The van der Waals surface area contributed by atoms with Gasteiger partial charge in [-0.25, -0.2) is 46.9 Å². The summed E-state index contributed by atoms with van der Waals surface area (Å²) in [6, 6.07) is -2.89. The quantitative estimate of drug-likeness (QED) is 0.0140. The molecule has 0 saturated carbocycles. The van der Waals surface area contributed by atoms with Gasteiger partial charge in [-0.3, -0.25) is 33.6 Å². The van der Waals surface area contributed by atoms with Gasteiger partial charge < -0.3 is 96.0 Å². The number of aliphatic carboxylic acids is 1. The van der Waals surface area contributed by atoms with Crippen molar-refractivity contribution >= 4 is 64.4 Å². The summed E-state index contributed by atoms with van der Waals surface area (Å²) in [6.45, 7) is 23.9. The first-order valence-electron chi connectivity index (χ1n) is 23.2. The zero-order chi connectivity index (χ0) is 65.4. The Labute approximate surface area is 622 Å². The number of rotatable bonds is 16. The van der Waals surface area contributed by atoms with Crippen LogP contribution in [0.15, 0.2) is 15.3 Å². The minimum atomic E-state index is -5.46. The van der Waals surface area contributed by atoms with Gasteiger partial charge in [-0.05, 0) is 64.2 Å². The molecule has 5 saturated heterocycles. The first kappa shape index (κ1) is 98.5. The minimum Gasteiger partial charge on any atom is -0.726 e. The van der Waals surface area contributed by atoms with Crippen LogP contribution in [0.3, 0.4) is 0 Å². The fourth-order valence-electron chi connectivity index (χ4n) is 8.65. The van der Waals surface area contributed by atoms with E-state index in [-0.39, 0.29) is 166 Å². The Kier molecular flexibility index (Phi) is 48.7. The number of nitrogens with zero attached hydrogens (tertiary/aromatic N) is 9. The van der Waals surface area contributed by atoms with E-state index >= 15 is 0 Å². The molecule has 5 aliphatic rings. The molecule has 8 unspecified atom stereocenters. The molecule has 488 valence electrons. The predicted octanol–water partition coefficient (Wildman–Crippen LogP) is -15.1. The van der Waals surface area contributed by atoms with Crippen LogP contribution in [0.4, 0.5) is 0 Å². The third kappa shape index (κ3) is 37.4. The van der Waals surface area contributed by atoms with Crippen molar-refractivity contribution in [2.24, 2.45) is 50.9 Å². The van der Waals surface area contributed by atoms with Gasteiger partial charge in [-0.15, -0.1) is 5.11 Å². The van der Waals surface area contributed by atoms with Crippen molar-refractivity contribution in [3.8, 4) is 0 Å². The van der Waals surface area contributed by atoms with Gasteiger partial charge in [0.1, 0.15) is 24.6 Å². The summed E-state index contributed by atoms with van der Waals surface area (Å²) >= 11 is 0. The van der Waals surface area contributed by atoms with Crippen molar-refractivity contribution < 1.29 is 297 Å². The molecule has 42 nitrogen and oxygen atoms in total. The minimum absolute atomic E-state index is 0. The molecule has 52 heteroatoms. The van der Waals surface area contributed by atoms with Gasteiger partial charge in [0.15, 0.2) is 25.0 Å². The number of hydrogen-bond acceptors (Lipinski definition) is 31. The normalized spacial score (nSPS) is 35.9. The monoisotopic (exact) mass is 1430 g/mol. The van der Waals surface area contributed by atoms with Crippen molar-refractivity contribution in [2.75, 3.05) is 0 Å². The van der Waals surface area contributed by atoms with E-state index in [4.69, 9.17) is 127 Å². The molecule has 0 aromatic rings. The molecule has 5 rings (SSSR count). The molecule has 0 bridgehead atoms. The number of carboxylic acid groups (broad SMARTS) is 1. The van der Waals surface area contributed by atoms with Crippen molar-refractivity contribution in [3.05, 3.63) is 58.5 Å². The number of carboxylic acids is 1. The summed E-state index contributed by atoms with van der Waals surface area (Å²) in [4.78, 5) is 33.1. The Morgan fingerprint density at radius 1 is 0.506 bits per heavy atom. The maximum absolute atomic E-state index is 12.7. The largest absolute Gasteiger partial charge is 1.00 e. The summed E-state index contributed by atoms with van der Waals surface area (Å²) in [5, 5.41) is 21.7. The Morgan fingerprint density at radius 2 is 0.944 bits per heavy atom. The van der Waals surface area contributed by atoms with Gasteiger partial charge in [0.2, 0.25) is 58.3 Å². The molecule has 0 aliphatic carbocycles. The van der Waals surface area contributed by atoms with Crippen molar-refractivity contribution in [2.45, 2.75) is 159 Å². The van der Waals surface area contributed by atoms with E-state index in [0.29, 0.717) is 0 Å². The van der Waals surface area contributed by atoms with Crippen molar-refractivity contribution in [1.29, 1.82) is 0 Å². The molecule has 5 aliphatic heterocycles. The Balaban J connectivity index is -0.000000815. The van der Waals surface area contributed by atoms with E-state index in [0.717, 1.165) is 0 Å². The molecule has 0 spiro atoms. The summed E-state index contributed by atoms with van der Waals surface area (Å²) in [6.07, 6.45) is -17.4. The molecule has 0 radical (unpaired) electrons. The van der Waals surface area contributed by atoms with Crippen LogP contribution >= 0.6 is 0 Å². The average molecular weight is 1430 g/mol.